The molecule has 1 atom stereocenters. The van der Waals surface area contributed by atoms with Crippen LogP contribution in [0.1, 0.15) is 60.5 Å². The van der Waals surface area contributed by atoms with Gasteiger partial charge in [0.15, 0.2) is 0 Å². The summed E-state index contributed by atoms with van der Waals surface area (Å²) in [6.45, 7) is 0.834. The molecular weight excluding hydrogens is 423 g/mol. The van der Waals surface area contributed by atoms with Crippen LogP contribution in [0.25, 0.3) is 5.52 Å². The smallest absolute Gasteiger partial charge is 0.255 e. The van der Waals surface area contributed by atoms with E-state index in [0.29, 0.717) is 24.2 Å². The molecule has 1 saturated heterocycles. The summed E-state index contributed by atoms with van der Waals surface area (Å²) >= 11 is 0. The number of hydrogen-bond donors (Lipinski definition) is 2. The zero-order chi connectivity index (χ0) is 22.9. The third-order valence-electron chi connectivity index (χ3n) is 6.92. The molecule has 0 bridgehead atoms. The van der Waals surface area contributed by atoms with Gasteiger partial charge in [0.1, 0.15) is 11.6 Å². The molecule has 2 aromatic heterocycles. The highest BCUT2D eigenvalue weighted by Gasteiger charge is 2.30. The zero-order valence-corrected chi connectivity index (χ0v) is 18.7. The highest BCUT2D eigenvalue weighted by molar-refractivity contribution is 6.01. The second kappa shape index (κ2) is 9.02. The van der Waals surface area contributed by atoms with Crippen molar-refractivity contribution >= 4 is 17.1 Å². The van der Waals surface area contributed by atoms with Crippen LogP contribution in [-0.2, 0) is 0 Å². The summed E-state index contributed by atoms with van der Waals surface area (Å²) in [6.07, 6.45) is 8.06. The highest BCUT2D eigenvalue weighted by atomic mass is 19.1. The first kappa shape index (κ1) is 21.7. The number of aliphatic hydroxyl groups is 1. The summed E-state index contributed by atoms with van der Waals surface area (Å²) in [5.74, 6) is 0.253. The quantitative estimate of drug-likeness (QED) is 0.615. The first-order valence-corrected chi connectivity index (χ1v) is 11.6. The van der Waals surface area contributed by atoms with Crippen LogP contribution in [0.15, 0.2) is 42.7 Å². The van der Waals surface area contributed by atoms with E-state index < -0.39 is 0 Å². The van der Waals surface area contributed by atoms with Gasteiger partial charge >= 0.3 is 0 Å². The van der Waals surface area contributed by atoms with E-state index in [4.69, 9.17) is 4.74 Å². The normalized spacial score (nSPS) is 23.1. The van der Waals surface area contributed by atoms with Crippen molar-refractivity contribution in [3.05, 3.63) is 59.7 Å². The number of amides is 1. The minimum Gasteiger partial charge on any atom is -0.496 e. The van der Waals surface area contributed by atoms with E-state index in [0.717, 1.165) is 49.0 Å². The van der Waals surface area contributed by atoms with Gasteiger partial charge in [-0.25, -0.2) is 8.91 Å². The summed E-state index contributed by atoms with van der Waals surface area (Å²) in [5.41, 5.74) is 3.06. The number of carbonyl (C=O) groups is 1. The van der Waals surface area contributed by atoms with Gasteiger partial charge in [-0.2, -0.15) is 5.10 Å². The van der Waals surface area contributed by atoms with Gasteiger partial charge < -0.3 is 20.1 Å². The minimum absolute atomic E-state index is 0.00744. The number of fused-ring (bicyclic) bond motifs is 1. The zero-order valence-electron chi connectivity index (χ0n) is 18.7. The fraction of sp³-hybridized carbons (Fsp3) is 0.440. The summed E-state index contributed by atoms with van der Waals surface area (Å²) < 4.78 is 21.3. The Labute approximate surface area is 192 Å². The third-order valence-corrected chi connectivity index (χ3v) is 6.92. The Bertz CT molecular complexity index is 1160. The van der Waals surface area contributed by atoms with E-state index in [1.165, 1.54) is 6.07 Å². The highest BCUT2D eigenvalue weighted by Crippen LogP contribution is 2.40. The number of carbonyl (C=O) groups excluding carboxylic acids is 1. The Morgan fingerprint density at radius 2 is 2.00 bits per heavy atom. The lowest BCUT2D eigenvalue weighted by Gasteiger charge is -2.28. The maximum absolute atomic E-state index is 14.0. The van der Waals surface area contributed by atoms with E-state index >= 15 is 0 Å². The molecule has 1 aromatic carbocycles. The van der Waals surface area contributed by atoms with Crippen LogP contribution in [0.5, 0.6) is 5.75 Å². The molecule has 2 N–H and O–H groups in total. The van der Waals surface area contributed by atoms with Gasteiger partial charge in [-0.1, -0.05) is 0 Å². The topological polar surface area (TPSA) is 79.1 Å². The molecule has 1 saturated carbocycles. The standard InChI is InChI=1S/C25H29FN4O3/c1-33-24-9-4-16(26)13-20(24)22-3-2-11-29(22)18-10-12-30-23(14-18)21(15-27-30)25(32)28-17-5-7-19(31)8-6-17/h4,9-10,12-15,17,19,22,31H,2-3,5-8,11H2,1H3,(H,28,32). The van der Waals surface area contributed by atoms with Crippen LogP contribution in [0, 0.1) is 5.82 Å². The van der Waals surface area contributed by atoms with Gasteiger partial charge in [0, 0.05) is 30.0 Å². The lowest BCUT2D eigenvalue weighted by Crippen LogP contribution is -2.38. The Kier molecular flexibility index (Phi) is 5.93. The van der Waals surface area contributed by atoms with Crippen molar-refractivity contribution in [2.75, 3.05) is 18.6 Å². The SMILES string of the molecule is COc1ccc(F)cc1C1CCCN1c1ccn2ncc(C(=O)NC3CCC(O)CC3)c2c1. The van der Waals surface area contributed by atoms with Crippen LogP contribution >= 0.6 is 0 Å². The van der Waals surface area contributed by atoms with Crippen molar-refractivity contribution in [2.24, 2.45) is 0 Å². The predicted octanol–water partition coefficient (Wildman–Crippen LogP) is 3.86. The monoisotopic (exact) mass is 452 g/mol. The number of aromatic nitrogens is 2. The van der Waals surface area contributed by atoms with Gasteiger partial charge in [0.05, 0.1) is 36.5 Å². The van der Waals surface area contributed by atoms with Crippen molar-refractivity contribution in [1.29, 1.82) is 0 Å². The van der Waals surface area contributed by atoms with Crippen LogP contribution < -0.4 is 15.0 Å². The van der Waals surface area contributed by atoms with Gasteiger partial charge in [-0.15, -0.1) is 0 Å². The Balaban J connectivity index is 1.42. The molecule has 174 valence electrons. The lowest BCUT2D eigenvalue weighted by atomic mass is 9.93. The summed E-state index contributed by atoms with van der Waals surface area (Å²) in [7, 11) is 1.60. The number of halogens is 1. The van der Waals surface area contributed by atoms with Crippen molar-refractivity contribution < 1.29 is 19.0 Å². The van der Waals surface area contributed by atoms with Crippen LogP contribution in [0.4, 0.5) is 10.1 Å². The minimum atomic E-state index is -0.280. The van der Waals surface area contributed by atoms with Crippen molar-refractivity contribution in [3.8, 4) is 5.75 Å². The molecule has 2 fully saturated rings. The molecule has 3 heterocycles. The molecule has 0 spiro atoms. The van der Waals surface area contributed by atoms with Crippen LogP contribution in [-0.4, -0.2) is 46.4 Å². The fourth-order valence-corrected chi connectivity index (χ4v) is 5.17. The van der Waals surface area contributed by atoms with E-state index in [9.17, 15) is 14.3 Å². The number of nitrogens with zero attached hydrogens (tertiary/aromatic N) is 3. The Morgan fingerprint density at radius 1 is 1.18 bits per heavy atom. The maximum atomic E-state index is 14.0. The predicted molar refractivity (Wildman–Crippen MR) is 123 cm³/mol. The average Bonchev–Trinajstić information content (AvgIpc) is 3.47. The van der Waals surface area contributed by atoms with E-state index in [1.54, 1.807) is 30.0 Å². The summed E-state index contributed by atoms with van der Waals surface area (Å²) in [4.78, 5) is 15.3. The van der Waals surface area contributed by atoms with E-state index in [2.05, 4.69) is 15.3 Å². The van der Waals surface area contributed by atoms with Crippen LogP contribution in [0.3, 0.4) is 0 Å². The van der Waals surface area contributed by atoms with Gasteiger partial charge in [-0.3, -0.25) is 4.79 Å². The molecule has 7 nitrogen and oxygen atoms in total. The number of nitrogens with one attached hydrogen (secondary N) is 1. The second-order valence-corrected chi connectivity index (χ2v) is 8.99. The summed E-state index contributed by atoms with van der Waals surface area (Å²) in [5, 5.41) is 17.2. The molecule has 5 rings (SSSR count). The number of hydrogen-bond acceptors (Lipinski definition) is 5. The average molecular weight is 453 g/mol. The lowest BCUT2D eigenvalue weighted by molar-refractivity contribution is 0.0869. The van der Waals surface area contributed by atoms with Crippen molar-refractivity contribution in [3.63, 3.8) is 0 Å². The first-order valence-electron chi connectivity index (χ1n) is 11.6. The Morgan fingerprint density at radius 3 is 2.79 bits per heavy atom. The number of pyridine rings is 1. The van der Waals surface area contributed by atoms with E-state index in [1.807, 2.05) is 18.3 Å². The summed E-state index contributed by atoms with van der Waals surface area (Å²) in [6, 6.07) is 8.67. The first-order chi connectivity index (χ1) is 16.0. The molecule has 1 aliphatic carbocycles. The number of anilines is 1. The third kappa shape index (κ3) is 4.27. The van der Waals surface area contributed by atoms with Gasteiger partial charge in [-0.05, 0) is 68.9 Å². The van der Waals surface area contributed by atoms with E-state index in [-0.39, 0.29) is 29.9 Å². The number of methoxy groups -OCH3 is 1. The molecule has 1 amide bonds. The number of aliphatic hydroxyl groups excluding tert-OH is 1. The van der Waals surface area contributed by atoms with Crippen LogP contribution in [0.2, 0.25) is 0 Å². The maximum Gasteiger partial charge on any atom is 0.255 e. The van der Waals surface area contributed by atoms with Gasteiger partial charge in [0.2, 0.25) is 0 Å². The number of ether oxygens (including phenoxy) is 1. The fourth-order valence-electron chi connectivity index (χ4n) is 5.17. The van der Waals surface area contributed by atoms with Crippen molar-refractivity contribution in [1.82, 2.24) is 14.9 Å². The van der Waals surface area contributed by atoms with Crippen molar-refractivity contribution in [2.45, 2.75) is 56.7 Å². The molecule has 1 unspecified atom stereocenters. The number of rotatable bonds is 5. The van der Waals surface area contributed by atoms with Gasteiger partial charge in [0.25, 0.3) is 5.91 Å². The molecule has 1 aliphatic heterocycles. The molecule has 33 heavy (non-hydrogen) atoms. The largest absolute Gasteiger partial charge is 0.496 e. The molecule has 2 aliphatic rings. The molecule has 0 radical (unpaired) electrons. The number of benzene rings is 1. The molecular formula is C25H29FN4O3. The molecule has 8 heteroatoms. The second-order valence-electron chi connectivity index (χ2n) is 8.99. The molecule has 3 aromatic rings. The Hall–Kier alpha value is -3.13.